The first kappa shape index (κ1) is 17.0. The summed E-state index contributed by atoms with van der Waals surface area (Å²) < 4.78 is 21.7. The molecule has 0 amide bonds. The predicted octanol–water partition coefficient (Wildman–Crippen LogP) is -0.781. The number of nitrogens with zero attached hydrogens (tertiary/aromatic N) is 2. The van der Waals surface area contributed by atoms with Crippen LogP contribution < -0.4 is 20.2 Å². The molecule has 1 saturated carbocycles. The highest BCUT2D eigenvalue weighted by Crippen LogP contribution is 2.79. The third-order valence-corrected chi connectivity index (χ3v) is 5.32. The van der Waals surface area contributed by atoms with Crippen LogP contribution in [-0.4, -0.2) is 40.2 Å². The van der Waals surface area contributed by atoms with Gasteiger partial charge in [0, 0.05) is 19.8 Å². The number of nitriles is 2. The fourth-order valence-corrected chi connectivity index (χ4v) is 4.14. The second-order valence-electron chi connectivity index (χ2n) is 5.94. The lowest BCUT2D eigenvalue weighted by Gasteiger charge is -2.27. The summed E-state index contributed by atoms with van der Waals surface area (Å²) in [6.07, 6.45) is 0. The molecule has 1 aromatic rings. The van der Waals surface area contributed by atoms with E-state index in [0.717, 1.165) is 0 Å². The van der Waals surface area contributed by atoms with E-state index in [1.807, 2.05) is 0 Å². The Balaban J connectivity index is 2.29. The van der Waals surface area contributed by atoms with Crippen molar-refractivity contribution in [1.82, 2.24) is 0 Å². The third kappa shape index (κ3) is 1.63. The summed E-state index contributed by atoms with van der Waals surface area (Å²) in [5.41, 5.74) is 4.09. The zero-order valence-corrected chi connectivity index (χ0v) is 14.4. The van der Waals surface area contributed by atoms with Gasteiger partial charge in [-0.05, 0) is 18.2 Å². The van der Waals surface area contributed by atoms with Crippen molar-refractivity contribution in [3.8, 4) is 23.6 Å². The molecule has 0 saturated heterocycles. The van der Waals surface area contributed by atoms with Gasteiger partial charge in [-0.2, -0.15) is 10.5 Å². The molecule has 3 N–H and O–H groups in total. The van der Waals surface area contributed by atoms with Gasteiger partial charge >= 0.3 is 5.91 Å². The number of hydrogen-bond acceptors (Lipinski definition) is 7. The lowest BCUT2D eigenvalue weighted by Crippen LogP contribution is -2.90. The molecule has 3 rings (SSSR count). The van der Waals surface area contributed by atoms with Gasteiger partial charge in [0.1, 0.15) is 11.5 Å². The number of rotatable bonds is 5. The predicted molar refractivity (Wildman–Crippen MR) is 85.3 cm³/mol. The summed E-state index contributed by atoms with van der Waals surface area (Å²) in [5, 5.41) is 20.0. The van der Waals surface area contributed by atoms with Crippen molar-refractivity contribution in [2.45, 2.75) is 11.8 Å². The Morgan fingerprint density at radius 2 is 1.76 bits per heavy atom. The number of nitrogens with two attached hydrogens (primary N) is 1. The maximum absolute atomic E-state index is 10.1. The maximum Gasteiger partial charge on any atom is 0.342 e. The van der Waals surface area contributed by atoms with E-state index in [-0.39, 0.29) is 5.84 Å². The Hall–Kier alpha value is -2.81. The van der Waals surface area contributed by atoms with Gasteiger partial charge in [0.15, 0.2) is 10.8 Å². The van der Waals surface area contributed by atoms with Gasteiger partial charge in [0.05, 0.1) is 32.3 Å². The highest BCUT2D eigenvalue weighted by atomic mass is 16.7. The number of benzene rings is 1. The monoisotopic (exact) mass is 343 g/mol. The standard InChI is InChI=1S/C17H18N4O4/c1-22-10-5-6-12(23-2)11(7-10)13-15(8-18)14(20)21-17(24-3,25-4)16(13,15)9-19/h5-7,13H,1-4H3,(H2,20,21)/p+1/t13-,15-,16-/m1/s1. The average molecular weight is 343 g/mol. The van der Waals surface area contributed by atoms with Crippen molar-refractivity contribution in [1.29, 1.82) is 10.5 Å². The number of methoxy groups -OCH3 is 4. The molecule has 0 unspecified atom stereocenters. The topological polar surface area (TPSA) is 124 Å². The van der Waals surface area contributed by atoms with E-state index in [1.54, 1.807) is 18.2 Å². The summed E-state index contributed by atoms with van der Waals surface area (Å²) in [6.45, 7) is 0. The molecule has 0 aromatic heterocycles. The van der Waals surface area contributed by atoms with Crippen LogP contribution in [0.15, 0.2) is 18.2 Å². The van der Waals surface area contributed by atoms with Gasteiger partial charge in [0.25, 0.3) is 5.84 Å². The fraction of sp³-hybridized carbons (Fsp3) is 0.471. The van der Waals surface area contributed by atoms with Crippen LogP contribution >= 0.6 is 0 Å². The minimum absolute atomic E-state index is 0.134. The summed E-state index contributed by atoms with van der Waals surface area (Å²) in [4.78, 5) is 2.85. The summed E-state index contributed by atoms with van der Waals surface area (Å²) >= 11 is 0. The van der Waals surface area contributed by atoms with E-state index in [2.05, 4.69) is 17.1 Å². The minimum atomic E-state index is -1.54. The molecule has 1 aliphatic heterocycles. The quantitative estimate of drug-likeness (QED) is 0.672. The Labute approximate surface area is 145 Å². The van der Waals surface area contributed by atoms with Crippen LogP contribution in [0.25, 0.3) is 0 Å². The first-order valence-corrected chi connectivity index (χ1v) is 7.54. The van der Waals surface area contributed by atoms with Crippen LogP contribution in [0.3, 0.4) is 0 Å². The van der Waals surface area contributed by atoms with Crippen molar-refractivity contribution in [3.05, 3.63) is 23.8 Å². The Kier molecular flexibility index (Phi) is 3.64. The van der Waals surface area contributed by atoms with Crippen LogP contribution in [0.1, 0.15) is 11.5 Å². The second kappa shape index (κ2) is 5.35. The molecule has 3 atom stereocenters. The SMILES string of the molecule is COc1ccc(OC)c([C@@H]2[C@]3(C#N)C(N)=[NH+]C(OC)(OC)[C@]23C#N)c1. The molecule has 130 valence electrons. The molecule has 1 heterocycles. The molecular weight excluding hydrogens is 324 g/mol. The summed E-state index contributed by atoms with van der Waals surface area (Å²) in [6, 6.07) is 9.65. The van der Waals surface area contributed by atoms with Crippen LogP contribution in [-0.2, 0) is 9.47 Å². The molecule has 0 radical (unpaired) electrons. The molecule has 1 fully saturated rings. The lowest BCUT2D eigenvalue weighted by molar-refractivity contribution is -0.687. The lowest BCUT2D eigenvalue weighted by atomic mass is 9.93. The van der Waals surface area contributed by atoms with Crippen LogP contribution in [0.5, 0.6) is 11.5 Å². The van der Waals surface area contributed by atoms with Gasteiger partial charge in [0.2, 0.25) is 0 Å². The first-order chi connectivity index (χ1) is 12.0. The second-order valence-corrected chi connectivity index (χ2v) is 5.94. The van der Waals surface area contributed by atoms with Crippen molar-refractivity contribution >= 4 is 5.84 Å². The van der Waals surface area contributed by atoms with Crippen molar-refractivity contribution in [2.24, 2.45) is 16.6 Å². The summed E-state index contributed by atoms with van der Waals surface area (Å²) in [7, 11) is 5.85. The summed E-state index contributed by atoms with van der Waals surface area (Å²) in [5.74, 6) is -0.913. The van der Waals surface area contributed by atoms with E-state index in [0.29, 0.717) is 17.1 Å². The fourth-order valence-electron chi connectivity index (χ4n) is 4.14. The molecule has 1 aliphatic carbocycles. The highest BCUT2D eigenvalue weighted by Gasteiger charge is 2.97. The largest absolute Gasteiger partial charge is 0.497 e. The van der Waals surface area contributed by atoms with Gasteiger partial charge < -0.3 is 18.9 Å². The number of hydrogen-bond donors (Lipinski definition) is 2. The average Bonchev–Trinajstić information content (AvgIpc) is 3.23. The molecule has 1 aromatic carbocycles. The Bertz CT molecular complexity index is 836. The van der Waals surface area contributed by atoms with Gasteiger partial charge in [-0.3, -0.25) is 5.73 Å². The normalized spacial score (nSPS) is 31.3. The number of fused-ring (bicyclic) bond motifs is 1. The molecule has 8 nitrogen and oxygen atoms in total. The molecule has 8 heteroatoms. The number of amidine groups is 1. The Morgan fingerprint density at radius 1 is 1.08 bits per heavy atom. The highest BCUT2D eigenvalue weighted by molar-refractivity contribution is 5.95. The van der Waals surface area contributed by atoms with Crippen LogP contribution in [0.2, 0.25) is 0 Å². The maximum atomic E-state index is 10.1. The zero-order valence-electron chi connectivity index (χ0n) is 14.4. The smallest absolute Gasteiger partial charge is 0.342 e. The van der Waals surface area contributed by atoms with Crippen LogP contribution in [0, 0.1) is 33.5 Å². The van der Waals surface area contributed by atoms with E-state index in [9.17, 15) is 10.5 Å². The molecule has 2 aliphatic rings. The van der Waals surface area contributed by atoms with Gasteiger partial charge in [-0.15, -0.1) is 0 Å². The van der Waals surface area contributed by atoms with Gasteiger partial charge in [-0.1, -0.05) is 0 Å². The number of nitrogens with one attached hydrogen (secondary N) is 1. The van der Waals surface area contributed by atoms with Crippen molar-refractivity contribution < 1.29 is 23.9 Å². The molecule has 0 spiro atoms. The van der Waals surface area contributed by atoms with Crippen molar-refractivity contribution in [3.63, 3.8) is 0 Å². The van der Waals surface area contributed by atoms with E-state index >= 15 is 0 Å². The van der Waals surface area contributed by atoms with Crippen LogP contribution in [0.4, 0.5) is 0 Å². The Morgan fingerprint density at radius 3 is 2.24 bits per heavy atom. The molecule has 25 heavy (non-hydrogen) atoms. The number of ether oxygens (including phenoxy) is 4. The third-order valence-electron chi connectivity index (χ3n) is 5.32. The molecular formula is C17H19N4O4+. The zero-order chi connectivity index (χ0) is 18.5. The van der Waals surface area contributed by atoms with Gasteiger partial charge in [-0.25, -0.2) is 4.99 Å². The van der Waals surface area contributed by atoms with E-state index in [4.69, 9.17) is 24.7 Å². The minimum Gasteiger partial charge on any atom is -0.497 e. The van der Waals surface area contributed by atoms with E-state index in [1.165, 1.54) is 28.4 Å². The molecule has 0 bridgehead atoms. The van der Waals surface area contributed by atoms with Crippen molar-refractivity contribution in [2.75, 3.05) is 28.4 Å². The van der Waals surface area contributed by atoms with E-state index < -0.39 is 22.7 Å². The first-order valence-electron chi connectivity index (χ1n) is 7.54.